The van der Waals surface area contributed by atoms with E-state index < -0.39 is 5.66 Å². The first kappa shape index (κ1) is 19.0. The SMILES string of the molecule is C=CCN1C(=O)c2ccccc2NC1(CC)c1ccc(OCCOC)cc1. The van der Waals surface area contributed by atoms with Crippen molar-refractivity contribution in [2.24, 2.45) is 0 Å². The zero-order valence-electron chi connectivity index (χ0n) is 15.9. The molecule has 2 aromatic rings. The Hall–Kier alpha value is -2.79. The first-order valence-corrected chi connectivity index (χ1v) is 9.18. The lowest BCUT2D eigenvalue weighted by atomic mass is 9.89. The molecule has 5 heteroatoms. The minimum Gasteiger partial charge on any atom is -0.491 e. The molecule has 0 saturated heterocycles. The lowest BCUT2D eigenvalue weighted by Crippen LogP contribution is -2.57. The Labute approximate surface area is 160 Å². The molecule has 0 fully saturated rings. The Morgan fingerprint density at radius 1 is 1.15 bits per heavy atom. The van der Waals surface area contributed by atoms with Crippen molar-refractivity contribution < 1.29 is 14.3 Å². The molecule has 1 N–H and O–H groups in total. The van der Waals surface area contributed by atoms with Gasteiger partial charge in [0.2, 0.25) is 0 Å². The van der Waals surface area contributed by atoms with E-state index in [9.17, 15) is 4.79 Å². The Bertz CT molecular complexity index is 803. The maximum Gasteiger partial charge on any atom is 0.258 e. The van der Waals surface area contributed by atoms with Crippen LogP contribution in [-0.2, 0) is 10.4 Å². The highest BCUT2D eigenvalue weighted by atomic mass is 16.5. The molecule has 1 amide bonds. The minimum atomic E-state index is -0.634. The van der Waals surface area contributed by atoms with E-state index in [-0.39, 0.29) is 5.91 Å². The number of anilines is 1. The van der Waals surface area contributed by atoms with Crippen LogP contribution in [0.3, 0.4) is 0 Å². The van der Waals surface area contributed by atoms with Gasteiger partial charge in [0.15, 0.2) is 0 Å². The number of ether oxygens (including phenoxy) is 2. The second-order valence-electron chi connectivity index (χ2n) is 6.45. The van der Waals surface area contributed by atoms with Gasteiger partial charge in [0.25, 0.3) is 5.91 Å². The van der Waals surface area contributed by atoms with Gasteiger partial charge >= 0.3 is 0 Å². The summed E-state index contributed by atoms with van der Waals surface area (Å²) in [5.74, 6) is 0.784. The average molecular weight is 366 g/mol. The molecule has 1 unspecified atom stereocenters. The van der Waals surface area contributed by atoms with Gasteiger partial charge in [-0.2, -0.15) is 0 Å². The van der Waals surface area contributed by atoms with Crippen LogP contribution in [0.1, 0.15) is 29.3 Å². The molecular weight excluding hydrogens is 340 g/mol. The van der Waals surface area contributed by atoms with Gasteiger partial charge in [0, 0.05) is 19.3 Å². The highest BCUT2D eigenvalue weighted by Crippen LogP contribution is 2.40. The predicted octanol–water partition coefficient (Wildman–Crippen LogP) is 4.03. The number of hydrogen-bond acceptors (Lipinski definition) is 4. The van der Waals surface area contributed by atoms with Gasteiger partial charge in [-0.3, -0.25) is 4.79 Å². The van der Waals surface area contributed by atoms with Crippen LogP contribution in [0.2, 0.25) is 0 Å². The number of carbonyl (C=O) groups is 1. The van der Waals surface area contributed by atoms with E-state index in [1.165, 1.54) is 0 Å². The zero-order valence-corrected chi connectivity index (χ0v) is 15.9. The van der Waals surface area contributed by atoms with Crippen LogP contribution in [-0.4, -0.2) is 37.7 Å². The molecule has 1 aliphatic rings. The number of fused-ring (bicyclic) bond motifs is 1. The molecule has 1 aliphatic heterocycles. The number of amides is 1. The first-order chi connectivity index (χ1) is 13.2. The quantitative estimate of drug-likeness (QED) is 0.566. The largest absolute Gasteiger partial charge is 0.491 e. The maximum atomic E-state index is 13.2. The summed E-state index contributed by atoms with van der Waals surface area (Å²) >= 11 is 0. The predicted molar refractivity (Wildman–Crippen MR) is 107 cm³/mol. The summed E-state index contributed by atoms with van der Waals surface area (Å²) in [4.78, 5) is 15.0. The molecule has 1 atom stereocenters. The van der Waals surface area contributed by atoms with Crippen LogP contribution in [0.5, 0.6) is 5.75 Å². The lowest BCUT2D eigenvalue weighted by Gasteiger charge is -2.48. The molecule has 3 rings (SSSR count). The van der Waals surface area contributed by atoms with E-state index in [1.54, 1.807) is 13.2 Å². The number of nitrogens with zero attached hydrogens (tertiary/aromatic N) is 1. The first-order valence-electron chi connectivity index (χ1n) is 9.18. The van der Waals surface area contributed by atoms with Gasteiger partial charge in [0.1, 0.15) is 18.0 Å². The van der Waals surface area contributed by atoms with Crippen LogP contribution in [0, 0.1) is 0 Å². The number of carbonyl (C=O) groups excluding carboxylic acids is 1. The molecule has 0 aromatic heterocycles. The summed E-state index contributed by atoms with van der Waals surface area (Å²) in [7, 11) is 1.65. The van der Waals surface area contributed by atoms with E-state index in [0.717, 1.165) is 17.0 Å². The Morgan fingerprint density at radius 2 is 1.89 bits per heavy atom. The molecular formula is C22H26N2O3. The fourth-order valence-electron chi connectivity index (χ4n) is 3.54. The van der Waals surface area contributed by atoms with Crippen molar-refractivity contribution in [1.82, 2.24) is 4.90 Å². The normalized spacial score (nSPS) is 18.6. The molecule has 27 heavy (non-hydrogen) atoms. The number of rotatable bonds is 8. The third kappa shape index (κ3) is 3.55. The van der Waals surface area contributed by atoms with E-state index in [4.69, 9.17) is 9.47 Å². The van der Waals surface area contributed by atoms with Crippen LogP contribution < -0.4 is 10.1 Å². The van der Waals surface area contributed by atoms with Crippen molar-refractivity contribution in [1.29, 1.82) is 0 Å². The summed E-state index contributed by atoms with van der Waals surface area (Å²) in [6.45, 7) is 7.42. The molecule has 142 valence electrons. The fraction of sp³-hybridized carbons (Fsp3) is 0.318. The van der Waals surface area contributed by atoms with E-state index in [2.05, 4.69) is 18.8 Å². The van der Waals surface area contributed by atoms with Crippen LogP contribution in [0.4, 0.5) is 5.69 Å². The summed E-state index contributed by atoms with van der Waals surface area (Å²) in [5.41, 5.74) is 1.91. The van der Waals surface area contributed by atoms with Crippen molar-refractivity contribution >= 4 is 11.6 Å². The summed E-state index contributed by atoms with van der Waals surface area (Å²) in [6, 6.07) is 15.5. The highest BCUT2D eigenvalue weighted by Gasteiger charge is 2.44. The van der Waals surface area contributed by atoms with Crippen molar-refractivity contribution in [3.05, 3.63) is 72.3 Å². The highest BCUT2D eigenvalue weighted by molar-refractivity contribution is 6.02. The third-order valence-electron chi connectivity index (χ3n) is 4.92. The van der Waals surface area contributed by atoms with Gasteiger partial charge in [-0.1, -0.05) is 37.3 Å². The van der Waals surface area contributed by atoms with Crippen LogP contribution in [0.25, 0.3) is 0 Å². The summed E-state index contributed by atoms with van der Waals surface area (Å²) in [6.07, 6.45) is 2.48. The Balaban J connectivity index is 1.98. The molecule has 0 bridgehead atoms. The second-order valence-corrected chi connectivity index (χ2v) is 6.45. The van der Waals surface area contributed by atoms with E-state index in [1.807, 2.05) is 53.4 Å². The smallest absolute Gasteiger partial charge is 0.258 e. The van der Waals surface area contributed by atoms with Crippen molar-refractivity contribution in [2.45, 2.75) is 19.0 Å². The lowest BCUT2D eigenvalue weighted by molar-refractivity contribution is 0.0524. The summed E-state index contributed by atoms with van der Waals surface area (Å²) < 4.78 is 10.7. The Kier molecular flexibility index (Phi) is 5.81. The van der Waals surface area contributed by atoms with Gasteiger partial charge in [-0.25, -0.2) is 0 Å². The second kappa shape index (κ2) is 8.27. The van der Waals surface area contributed by atoms with Gasteiger partial charge < -0.3 is 19.7 Å². The fourth-order valence-corrected chi connectivity index (χ4v) is 3.54. The summed E-state index contributed by atoms with van der Waals surface area (Å²) in [5, 5.41) is 3.61. The van der Waals surface area contributed by atoms with E-state index >= 15 is 0 Å². The van der Waals surface area contributed by atoms with Crippen molar-refractivity contribution in [2.75, 3.05) is 32.2 Å². The molecule has 5 nitrogen and oxygen atoms in total. The number of methoxy groups -OCH3 is 1. The molecule has 0 saturated carbocycles. The van der Waals surface area contributed by atoms with Crippen LogP contribution >= 0.6 is 0 Å². The number of para-hydroxylation sites is 1. The maximum absolute atomic E-state index is 13.2. The van der Waals surface area contributed by atoms with E-state index in [0.29, 0.717) is 31.7 Å². The zero-order chi connectivity index (χ0) is 19.3. The number of benzene rings is 2. The van der Waals surface area contributed by atoms with Crippen LogP contribution in [0.15, 0.2) is 61.2 Å². The number of hydrogen-bond donors (Lipinski definition) is 1. The molecule has 0 spiro atoms. The Morgan fingerprint density at radius 3 is 2.56 bits per heavy atom. The van der Waals surface area contributed by atoms with Gasteiger partial charge in [0.05, 0.1) is 12.2 Å². The molecule has 2 aromatic carbocycles. The third-order valence-corrected chi connectivity index (χ3v) is 4.92. The molecule has 0 radical (unpaired) electrons. The van der Waals surface area contributed by atoms with Gasteiger partial charge in [-0.15, -0.1) is 6.58 Å². The molecule has 0 aliphatic carbocycles. The monoisotopic (exact) mass is 366 g/mol. The van der Waals surface area contributed by atoms with Crippen molar-refractivity contribution in [3.63, 3.8) is 0 Å². The van der Waals surface area contributed by atoms with Crippen molar-refractivity contribution in [3.8, 4) is 5.75 Å². The topological polar surface area (TPSA) is 50.8 Å². The number of nitrogens with one attached hydrogen (secondary N) is 1. The minimum absolute atomic E-state index is 0.00604. The van der Waals surface area contributed by atoms with Gasteiger partial charge in [-0.05, 0) is 36.2 Å². The average Bonchev–Trinajstić information content (AvgIpc) is 2.71. The molecule has 1 heterocycles. The standard InChI is InChI=1S/C22H26N2O3/c1-4-14-24-21(25)19-8-6-7-9-20(19)23-22(24,5-2)17-10-12-18(13-11-17)27-16-15-26-3/h4,6-13,23H,1,5,14-16H2,2-3H3.